The van der Waals surface area contributed by atoms with Crippen molar-refractivity contribution in [2.24, 2.45) is 0 Å². The van der Waals surface area contributed by atoms with Crippen LogP contribution in [-0.2, 0) is 0 Å². The summed E-state index contributed by atoms with van der Waals surface area (Å²) >= 11 is 3.41. The number of aryl methyl sites for hydroxylation is 1. The molecule has 0 fully saturated rings. The fourth-order valence-electron chi connectivity index (χ4n) is 2.55. The lowest BCUT2D eigenvalue weighted by atomic mass is 9.99. The van der Waals surface area contributed by atoms with Crippen LogP contribution in [0.3, 0.4) is 0 Å². The van der Waals surface area contributed by atoms with Gasteiger partial charge in [-0.05, 0) is 54.4 Å². The highest BCUT2D eigenvalue weighted by Gasteiger charge is 2.18. The van der Waals surface area contributed by atoms with Crippen molar-refractivity contribution in [2.75, 3.05) is 13.1 Å². The number of likely N-dealkylation sites (N-methyl/N-ethyl adjacent to an activating group) is 1. The Kier molecular flexibility index (Phi) is 4.94. The van der Waals surface area contributed by atoms with Gasteiger partial charge in [0.1, 0.15) is 0 Å². The van der Waals surface area contributed by atoms with Crippen molar-refractivity contribution in [3.63, 3.8) is 0 Å². The maximum atomic E-state index is 4.65. The van der Waals surface area contributed by atoms with Gasteiger partial charge in [0, 0.05) is 28.5 Å². The van der Waals surface area contributed by atoms with E-state index in [1.54, 1.807) is 6.20 Å². The standard InChI is InChI=1S/C15H21BrN4/c1-5-17-8-10(2)15-11(3)19-20(12(15)4)14-7-6-13(16)9-18-14/h6-7,9-10,17H,5,8H2,1-4H3. The maximum Gasteiger partial charge on any atom is 0.153 e. The Hall–Kier alpha value is -1.20. The molecule has 0 aliphatic heterocycles. The molecule has 2 heterocycles. The number of pyridine rings is 1. The monoisotopic (exact) mass is 336 g/mol. The lowest BCUT2D eigenvalue weighted by Gasteiger charge is -2.13. The molecule has 0 spiro atoms. The summed E-state index contributed by atoms with van der Waals surface area (Å²) in [5.74, 6) is 1.30. The second-order valence-electron chi connectivity index (χ2n) is 5.04. The van der Waals surface area contributed by atoms with Crippen LogP contribution < -0.4 is 5.32 Å². The largest absolute Gasteiger partial charge is 0.316 e. The molecular weight excluding hydrogens is 316 g/mol. The van der Waals surface area contributed by atoms with Crippen molar-refractivity contribution < 1.29 is 0 Å². The van der Waals surface area contributed by atoms with E-state index < -0.39 is 0 Å². The molecule has 0 aliphatic carbocycles. The summed E-state index contributed by atoms with van der Waals surface area (Å²) in [6.45, 7) is 10.5. The van der Waals surface area contributed by atoms with Crippen LogP contribution in [0.4, 0.5) is 0 Å². The Labute approximate surface area is 128 Å². The average Bonchev–Trinajstić information content (AvgIpc) is 2.72. The number of hydrogen-bond donors (Lipinski definition) is 1. The molecule has 20 heavy (non-hydrogen) atoms. The van der Waals surface area contributed by atoms with Gasteiger partial charge >= 0.3 is 0 Å². The molecule has 2 aromatic heterocycles. The molecule has 0 bridgehead atoms. The molecule has 0 amide bonds. The van der Waals surface area contributed by atoms with Crippen LogP contribution in [0.2, 0.25) is 0 Å². The average molecular weight is 337 g/mol. The third-order valence-corrected chi connectivity index (χ3v) is 3.94. The molecule has 1 N–H and O–H groups in total. The molecule has 108 valence electrons. The summed E-state index contributed by atoms with van der Waals surface area (Å²) in [4.78, 5) is 4.42. The zero-order chi connectivity index (χ0) is 14.7. The van der Waals surface area contributed by atoms with Crippen LogP contribution >= 0.6 is 15.9 Å². The molecule has 0 saturated carbocycles. The van der Waals surface area contributed by atoms with Crippen molar-refractivity contribution in [3.05, 3.63) is 39.8 Å². The summed E-state index contributed by atoms with van der Waals surface area (Å²) in [5, 5.41) is 8.05. The maximum absolute atomic E-state index is 4.65. The summed E-state index contributed by atoms with van der Waals surface area (Å²) in [7, 11) is 0. The molecule has 4 nitrogen and oxygen atoms in total. The summed E-state index contributed by atoms with van der Waals surface area (Å²) in [6.07, 6.45) is 1.80. The predicted molar refractivity (Wildman–Crippen MR) is 85.5 cm³/mol. The summed E-state index contributed by atoms with van der Waals surface area (Å²) in [6, 6.07) is 3.96. The van der Waals surface area contributed by atoms with E-state index in [1.165, 1.54) is 11.3 Å². The van der Waals surface area contributed by atoms with Crippen LogP contribution in [0.5, 0.6) is 0 Å². The Balaban J connectivity index is 2.35. The number of hydrogen-bond acceptors (Lipinski definition) is 3. The van der Waals surface area contributed by atoms with Crippen LogP contribution in [0.15, 0.2) is 22.8 Å². The second-order valence-corrected chi connectivity index (χ2v) is 5.96. The summed E-state index contributed by atoms with van der Waals surface area (Å²) < 4.78 is 2.91. The molecule has 0 aliphatic rings. The zero-order valence-electron chi connectivity index (χ0n) is 12.4. The fraction of sp³-hybridized carbons (Fsp3) is 0.467. The zero-order valence-corrected chi connectivity index (χ0v) is 14.0. The van der Waals surface area contributed by atoms with Gasteiger partial charge in [0.25, 0.3) is 0 Å². The first-order valence-corrected chi connectivity index (χ1v) is 7.72. The highest BCUT2D eigenvalue weighted by Crippen LogP contribution is 2.24. The minimum atomic E-state index is 0.444. The van der Waals surface area contributed by atoms with Gasteiger partial charge in [0.05, 0.1) is 5.69 Å². The van der Waals surface area contributed by atoms with Crippen LogP contribution in [-0.4, -0.2) is 27.9 Å². The Morgan fingerprint density at radius 1 is 1.35 bits per heavy atom. The van der Waals surface area contributed by atoms with Crippen LogP contribution in [0.25, 0.3) is 5.82 Å². The minimum absolute atomic E-state index is 0.444. The van der Waals surface area contributed by atoms with E-state index in [-0.39, 0.29) is 0 Å². The Morgan fingerprint density at radius 2 is 2.10 bits per heavy atom. The van der Waals surface area contributed by atoms with E-state index in [1.807, 2.05) is 16.8 Å². The third kappa shape index (κ3) is 3.10. The van der Waals surface area contributed by atoms with Gasteiger partial charge in [0.2, 0.25) is 0 Å². The van der Waals surface area contributed by atoms with Crippen molar-refractivity contribution in [1.29, 1.82) is 0 Å². The molecular formula is C15H21BrN4. The topological polar surface area (TPSA) is 42.7 Å². The van der Waals surface area contributed by atoms with E-state index in [0.717, 1.165) is 29.1 Å². The number of nitrogens with one attached hydrogen (secondary N) is 1. The SMILES string of the molecule is CCNCC(C)c1c(C)nn(-c2ccc(Br)cn2)c1C. The van der Waals surface area contributed by atoms with Gasteiger partial charge in [-0.1, -0.05) is 13.8 Å². The van der Waals surface area contributed by atoms with Gasteiger partial charge in [-0.3, -0.25) is 0 Å². The Bertz CT molecular complexity index is 574. The smallest absolute Gasteiger partial charge is 0.153 e. The molecule has 5 heteroatoms. The number of aromatic nitrogens is 3. The second kappa shape index (κ2) is 6.50. The lowest BCUT2D eigenvalue weighted by molar-refractivity contribution is 0.630. The molecule has 0 saturated heterocycles. The van der Waals surface area contributed by atoms with Gasteiger partial charge in [-0.2, -0.15) is 5.10 Å². The quantitative estimate of drug-likeness (QED) is 0.910. The van der Waals surface area contributed by atoms with Crippen LogP contribution in [0, 0.1) is 13.8 Å². The van der Waals surface area contributed by atoms with Crippen molar-refractivity contribution in [3.8, 4) is 5.82 Å². The first-order valence-electron chi connectivity index (χ1n) is 6.93. The summed E-state index contributed by atoms with van der Waals surface area (Å²) in [5.41, 5.74) is 3.57. The fourth-order valence-corrected chi connectivity index (χ4v) is 2.78. The van der Waals surface area contributed by atoms with E-state index in [0.29, 0.717) is 5.92 Å². The van der Waals surface area contributed by atoms with Crippen molar-refractivity contribution in [2.45, 2.75) is 33.6 Å². The van der Waals surface area contributed by atoms with Gasteiger partial charge in [-0.25, -0.2) is 9.67 Å². The van der Waals surface area contributed by atoms with Gasteiger partial charge in [-0.15, -0.1) is 0 Å². The van der Waals surface area contributed by atoms with Gasteiger partial charge < -0.3 is 5.32 Å². The molecule has 0 radical (unpaired) electrons. The Morgan fingerprint density at radius 3 is 2.70 bits per heavy atom. The van der Waals surface area contributed by atoms with Crippen molar-refractivity contribution >= 4 is 15.9 Å². The normalized spacial score (nSPS) is 12.7. The number of halogens is 1. The first kappa shape index (κ1) is 15.2. The van der Waals surface area contributed by atoms with Crippen LogP contribution in [0.1, 0.15) is 36.7 Å². The number of nitrogens with zero attached hydrogens (tertiary/aromatic N) is 3. The molecule has 0 aromatic carbocycles. The minimum Gasteiger partial charge on any atom is -0.316 e. The van der Waals surface area contributed by atoms with E-state index in [2.05, 4.69) is 59.0 Å². The predicted octanol–water partition coefficient (Wildman–Crippen LogP) is 3.36. The first-order chi connectivity index (χ1) is 9.54. The van der Waals surface area contributed by atoms with Crippen molar-refractivity contribution in [1.82, 2.24) is 20.1 Å². The van der Waals surface area contributed by atoms with E-state index >= 15 is 0 Å². The molecule has 2 aromatic rings. The molecule has 1 atom stereocenters. The van der Waals surface area contributed by atoms with Gasteiger partial charge in [0.15, 0.2) is 5.82 Å². The molecule has 2 rings (SSSR count). The van der Waals surface area contributed by atoms with E-state index in [4.69, 9.17) is 0 Å². The highest BCUT2D eigenvalue weighted by molar-refractivity contribution is 9.10. The molecule has 1 unspecified atom stereocenters. The van der Waals surface area contributed by atoms with E-state index in [9.17, 15) is 0 Å². The number of rotatable bonds is 5. The highest BCUT2D eigenvalue weighted by atomic mass is 79.9. The lowest BCUT2D eigenvalue weighted by Crippen LogP contribution is -2.20. The third-order valence-electron chi connectivity index (χ3n) is 3.47.